The molecule has 140 valence electrons. The first kappa shape index (κ1) is 18.7. The summed E-state index contributed by atoms with van der Waals surface area (Å²) < 4.78 is 22.6. The number of hydrogen-bond donors (Lipinski definition) is 1. The smallest absolute Gasteiger partial charge is 0.163 e. The molecule has 0 radical (unpaired) electrons. The number of rotatable bonds is 6. The highest BCUT2D eigenvalue weighted by Gasteiger charge is 2.20. The molecule has 26 heavy (non-hydrogen) atoms. The van der Waals surface area contributed by atoms with Crippen LogP contribution in [0.1, 0.15) is 18.5 Å². The molecular weight excluding hydrogens is 350 g/mol. The molecule has 8 heteroatoms. The van der Waals surface area contributed by atoms with Crippen molar-refractivity contribution in [3.63, 3.8) is 0 Å². The Balaban J connectivity index is 1.59. The maximum absolute atomic E-state index is 11.3. The first-order valence-electron chi connectivity index (χ1n) is 8.82. The van der Waals surface area contributed by atoms with Crippen molar-refractivity contribution in [2.24, 2.45) is 0 Å². The number of nitrogens with one attached hydrogen (secondary N) is 1. The van der Waals surface area contributed by atoms with Crippen LogP contribution in [0.2, 0.25) is 0 Å². The average molecular weight is 375 g/mol. The van der Waals surface area contributed by atoms with Gasteiger partial charge in [0.1, 0.15) is 15.7 Å². The van der Waals surface area contributed by atoms with Crippen molar-refractivity contribution >= 4 is 15.7 Å². The third-order valence-corrected chi connectivity index (χ3v) is 5.42. The lowest BCUT2D eigenvalue weighted by atomic mass is 10.1. The van der Waals surface area contributed by atoms with Gasteiger partial charge in [-0.1, -0.05) is 0 Å². The highest BCUT2D eigenvalue weighted by Crippen LogP contribution is 2.20. The summed E-state index contributed by atoms with van der Waals surface area (Å²) in [5, 5.41) is 3.51. The first-order valence-corrected chi connectivity index (χ1v) is 10.9. The molecule has 1 N–H and O–H groups in total. The van der Waals surface area contributed by atoms with Crippen LogP contribution in [-0.4, -0.2) is 66.0 Å². The molecule has 2 aromatic heterocycles. The van der Waals surface area contributed by atoms with E-state index < -0.39 is 9.84 Å². The molecule has 0 atom stereocenters. The van der Waals surface area contributed by atoms with Crippen molar-refractivity contribution < 1.29 is 8.42 Å². The Labute approximate surface area is 154 Å². The molecule has 0 aliphatic carbocycles. The van der Waals surface area contributed by atoms with Crippen LogP contribution in [0.3, 0.4) is 0 Å². The zero-order valence-corrected chi connectivity index (χ0v) is 16.0. The number of likely N-dealkylation sites (tertiary alicyclic amines) is 1. The highest BCUT2D eigenvalue weighted by molar-refractivity contribution is 7.90. The van der Waals surface area contributed by atoms with E-state index in [1.807, 2.05) is 25.1 Å². The molecule has 3 rings (SSSR count). The van der Waals surface area contributed by atoms with Gasteiger partial charge in [-0.05, 0) is 31.9 Å². The van der Waals surface area contributed by atoms with E-state index in [0.717, 1.165) is 43.0 Å². The van der Waals surface area contributed by atoms with Gasteiger partial charge in [0.25, 0.3) is 0 Å². The summed E-state index contributed by atoms with van der Waals surface area (Å²) in [6.45, 7) is 4.36. The number of sulfone groups is 1. The van der Waals surface area contributed by atoms with E-state index >= 15 is 0 Å². The van der Waals surface area contributed by atoms with Crippen LogP contribution < -0.4 is 5.32 Å². The number of anilines is 1. The molecule has 1 aliphatic rings. The van der Waals surface area contributed by atoms with E-state index in [2.05, 4.69) is 25.2 Å². The van der Waals surface area contributed by atoms with E-state index in [0.29, 0.717) is 18.4 Å². The fourth-order valence-corrected chi connectivity index (χ4v) is 3.66. The van der Waals surface area contributed by atoms with Crippen LogP contribution in [0, 0.1) is 6.92 Å². The van der Waals surface area contributed by atoms with Crippen LogP contribution in [0.15, 0.2) is 30.6 Å². The molecule has 0 aromatic carbocycles. The quantitative estimate of drug-likeness (QED) is 0.823. The molecule has 2 aromatic rings. The number of piperidine rings is 1. The summed E-state index contributed by atoms with van der Waals surface area (Å²) in [4.78, 5) is 15.5. The summed E-state index contributed by atoms with van der Waals surface area (Å²) in [7, 11) is -2.90. The third-order valence-electron chi connectivity index (χ3n) is 4.49. The van der Waals surface area contributed by atoms with Crippen LogP contribution in [0.4, 0.5) is 5.82 Å². The van der Waals surface area contributed by atoms with Crippen LogP contribution in [0.25, 0.3) is 11.4 Å². The Bertz CT molecular complexity index is 834. The minimum Gasteiger partial charge on any atom is -0.367 e. The Hall–Kier alpha value is -2.06. The van der Waals surface area contributed by atoms with E-state index in [-0.39, 0.29) is 5.75 Å². The topological polar surface area (TPSA) is 88.1 Å². The second-order valence-electron chi connectivity index (χ2n) is 6.85. The second kappa shape index (κ2) is 8.09. The molecule has 3 heterocycles. The molecule has 0 bridgehead atoms. The summed E-state index contributed by atoms with van der Waals surface area (Å²) in [5.41, 5.74) is 1.81. The summed E-state index contributed by atoms with van der Waals surface area (Å²) >= 11 is 0. The first-order chi connectivity index (χ1) is 12.4. The number of nitrogens with zero attached hydrogens (tertiary/aromatic N) is 4. The van der Waals surface area contributed by atoms with Gasteiger partial charge in [-0.15, -0.1) is 0 Å². The van der Waals surface area contributed by atoms with Gasteiger partial charge in [-0.25, -0.2) is 18.4 Å². The molecular formula is C18H25N5O2S. The number of hydrogen-bond acceptors (Lipinski definition) is 7. The maximum atomic E-state index is 11.3. The molecule has 1 aliphatic heterocycles. The standard InChI is InChI=1S/C18H25N5O2S/c1-14-12-17(22-18(20-14)15-4-3-7-19-13-15)21-16-5-8-23(9-6-16)10-11-26(2,24)25/h3-4,7,12-13,16H,5-6,8-11H2,1-2H3,(H,20,21,22). The predicted molar refractivity (Wildman–Crippen MR) is 103 cm³/mol. The normalized spacial score (nSPS) is 16.5. The van der Waals surface area contributed by atoms with E-state index in [1.165, 1.54) is 6.26 Å². The van der Waals surface area contributed by atoms with Gasteiger partial charge in [0.2, 0.25) is 0 Å². The Morgan fingerprint density at radius 2 is 2.04 bits per heavy atom. The summed E-state index contributed by atoms with van der Waals surface area (Å²) in [6, 6.07) is 6.11. The van der Waals surface area contributed by atoms with Crippen molar-refractivity contribution in [3.8, 4) is 11.4 Å². The molecule has 0 saturated carbocycles. The van der Waals surface area contributed by atoms with Crippen LogP contribution in [0.5, 0.6) is 0 Å². The van der Waals surface area contributed by atoms with Crippen molar-refractivity contribution in [3.05, 3.63) is 36.3 Å². The lowest BCUT2D eigenvalue weighted by molar-refractivity contribution is 0.230. The maximum Gasteiger partial charge on any atom is 0.163 e. The highest BCUT2D eigenvalue weighted by atomic mass is 32.2. The van der Waals surface area contributed by atoms with E-state index in [1.54, 1.807) is 12.4 Å². The van der Waals surface area contributed by atoms with Gasteiger partial charge in [-0.3, -0.25) is 4.98 Å². The second-order valence-corrected chi connectivity index (χ2v) is 9.11. The number of pyridine rings is 1. The molecule has 0 unspecified atom stereocenters. The van der Waals surface area contributed by atoms with Gasteiger partial charge < -0.3 is 10.2 Å². The molecule has 1 saturated heterocycles. The Morgan fingerprint density at radius 1 is 1.27 bits per heavy atom. The Kier molecular flexibility index (Phi) is 5.83. The lowest BCUT2D eigenvalue weighted by Gasteiger charge is -2.32. The number of aryl methyl sites for hydroxylation is 1. The molecule has 7 nitrogen and oxygen atoms in total. The van der Waals surface area contributed by atoms with Crippen molar-refractivity contribution in [1.29, 1.82) is 0 Å². The van der Waals surface area contributed by atoms with Gasteiger partial charge in [0, 0.05) is 61.6 Å². The summed E-state index contributed by atoms with van der Waals surface area (Å²) in [6.07, 6.45) is 6.72. The van der Waals surface area contributed by atoms with Gasteiger partial charge in [0.05, 0.1) is 5.75 Å². The van der Waals surface area contributed by atoms with Crippen molar-refractivity contribution in [2.75, 3.05) is 37.0 Å². The third kappa shape index (κ3) is 5.47. The van der Waals surface area contributed by atoms with E-state index in [4.69, 9.17) is 0 Å². The van der Waals surface area contributed by atoms with Gasteiger partial charge in [0.15, 0.2) is 5.82 Å². The fourth-order valence-electron chi connectivity index (χ4n) is 3.07. The molecule has 0 spiro atoms. The van der Waals surface area contributed by atoms with Crippen LogP contribution in [-0.2, 0) is 9.84 Å². The average Bonchev–Trinajstić information content (AvgIpc) is 2.61. The Morgan fingerprint density at radius 3 is 2.69 bits per heavy atom. The SMILES string of the molecule is Cc1cc(NC2CCN(CCS(C)(=O)=O)CC2)nc(-c2cccnc2)n1. The van der Waals surface area contributed by atoms with Gasteiger partial charge in [-0.2, -0.15) is 0 Å². The minimum atomic E-state index is -2.90. The van der Waals surface area contributed by atoms with E-state index in [9.17, 15) is 8.42 Å². The fraction of sp³-hybridized carbons (Fsp3) is 0.500. The molecule has 1 fully saturated rings. The van der Waals surface area contributed by atoms with Crippen molar-refractivity contribution in [2.45, 2.75) is 25.8 Å². The monoisotopic (exact) mass is 375 g/mol. The largest absolute Gasteiger partial charge is 0.367 e. The minimum absolute atomic E-state index is 0.227. The predicted octanol–water partition coefficient (Wildman–Crippen LogP) is 1.77. The van der Waals surface area contributed by atoms with Crippen molar-refractivity contribution in [1.82, 2.24) is 19.9 Å². The zero-order valence-electron chi connectivity index (χ0n) is 15.2. The van der Waals surface area contributed by atoms with Gasteiger partial charge >= 0.3 is 0 Å². The molecule has 0 amide bonds. The zero-order chi connectivity index (χ0) is 18.6. The summed E-state index contributed by atoms with van der Waals surface area (Å²) in [5.74, 6) is 1.72. The lowest BCUT2D eigenvalue weighted by Crippen LogP contribution is -2.41. The number of aromatic nitrogens is 3. The van der Waals surface area contributed by atoms with Crippen LogP contribution >= 0.6 is 0 Å².